The Balaban J connectivity index is 1.64. The van der Waals surface area contributed by atoms with Crippen LogP contribution in [0, 0.1) is 0 Å². The van der Waals surface area contributed by atoms with Crippen LogP contribution in [0.2, 0.25) is 10.0 Å². The molecular weight excluding hydrogens is 445 g/mol. The first-order valence-electron chi connectivity index (χ1n) is 9.31. The zero-order valence-corrected chi connectivity index (χ0v) is 18.2. The molecule has 2 aromatic carbocycles. The highest BCUT2D eigenvalue weighted by molar-refractivity contribution is 6.42. The van der Waals surface area contributed by atoms with Crippen LogP contribution in [0.4, 0.5) is 17.1 Å². The van der Waals surface area contributed by atoms with Crippen molar-refractivity contribution in [3.63, 3.8) is 0 Å². The van der Waals surface area contributed by atoms with Crippen LogP contribution in [-0.2, 0) is 23.9 Å². The third-order valence-corrected chi connectivity index (χ3v) is 4.58. The first-order chi connectivity index (χ1) is 14.7. The fraction of sp³-hybridized carbons (Fsp3) is 0.238. The lowest BCUT2D eigenvalue weighted by Gasteiger charge is -2.08. The summed E-state index contributed by atoms with van der Waals surface area (Å²) in [6.07, 6.45) is 0.355. The van der Waals surface area contributed by atoms with Gasteiger partial charge in [-0.25, -0.2) is 0 Å². The van der Waals surface area contributed by atoms with Gasteiger partial charge in [-0.2, -0.15) is 0 Å². The highest BCUT2D eigenvalue weighted by Crippen LogP contribution is 2.25. The van der Waals surface area contributed by atoms with Crippen molar-refractivity contribution in [3.8, 4) is 0 Å². The van der Waals surface area contributed by atoms with E-state index in [9.17, 15) is 19.2 Å². The number of hydrogen-bond donors (Lipinski definition) is 3. The van der Waals surface area contributed by atoms with Gasteiger partial charge in [0.2, 0.25) is 11.8 Å². The first kappa shape index (κ1) is 24.2. The number of hydrogen-bond acceptors (Lipinski definition) is 5. The van der Waals surface area contributed by atoms with Gasteiger partial charge in [0, 0.05) is 36.8 Å². The van der Waals surface area contributed by atoms with Crippen LogP contribution in [0.25, 0.3) is 0 Å². The summed E-state index contributed by atoms with van der Waals surface area (Å²) in [5.74, 6) is -1.57. The van der Waals surface area contributed by atoms with Crippen molar-refractivity contribution in [2.45, 2.75) is 26.2 Å². The molecule has 3 N–H and O–H groups in total. The largest absolute Gasteiger partial charge is 0.456 e. The lowest BCUT2D eigenvalue weighted by atomic mass is 10.2. The van der Waals surface area contributed by atoms with Crippen LogP contribution < -0.4 is 16.0 Å². The van der Waals surface area contributed by atoms with Crippen LogP contribution in [0.15, 0.2) is 42.5 Å². The molecule has 31 heavy (non-hydrogen) atoms. The van der Waals surface area contributed by atoms with Gasteiger partial charge in [0.15, 0.2) is 6.61 Å². The Labute approximate surface area is 189 Å². The topological polar surface area (TPSA) is 114 Å². The molecule has 0 saturated heterocycles. The fourth-order valence-electron chi connectivity index (χ4n) is 2.45. The summed E-state index contributed by atoms with van der Waals surface area (Å²) in [5.41, 5.74) is 1.60. The summed E-state index contributed by atoms with van der Waals surface area (Å²) in [6, 6.07) is 11.2. The summed E-state index contributed by atoms with van der Waals surface area (Å²) in [4.78, 5) is 46.5. The second-order valence-corrected chi connectivity index (χ2v) is 7.31. The number of anilines is 3. The summed E-state index contributed by atoms with van der Waals surface area (Å²) in [6.45, 7) is 0.952. The second-order valence-electron chi connectivity index (χ2n) is 6.50. The van der Waals surface area contributed by atoms with Gasteiger partial charge in [0.1, 0.15) is 0 Å². The van der Waals surface area contributed by atoms with Crippen LogP contribution in [0.1, 0.15) is 26.2 Å². The molecule has 0 unspecified atom stereocenters. The van der Waals surface area contributed by atoms with E-state index in [0.717, 1.165) is 0 Å². The molecule has 0 spiro atoms. The Hall–Kier alpha value is -3.10. The van der Waals surface area contributed by atoms with E-state index in [1.807, 2.05) is 0 Å². The summed E-state index contributed by atoms with van der Waals surface area (Å²) in [5, 5.41) is 8.55. The quantitative estimate of drug-likeness (QED) is 0.479. The van der Waals surface area contributed by atoms with Gasteiger partial charge in [-0.1, -0.05) is 23.2 Å². The molecular formula is C21H21Cl2N3O5. The number of halogens is 2. The number of nitrogens with one attached hydrogen (secondary N) is 3. The summed E-state index contributed by atoms with van der Waals surface area (Å²) >= 11 is 11.7. The Morgan fingerprint density at radius 2 is 1.35 bits per heavy atom. The minimum atomic E-state index is -0.585. The molecule has 0 atom stereocenters. The monoisotopic (exact) mass is 465 g/mol. The van der Waals surface area contributed by atoms with Crippen LogP contribution in [0.5, 0.6) is 0 Å². The van der Waals surface area contributed by atoms with Gasteiger partial charge in [0.05, 0.1) is 10.0 Å². The highest BCUT2D eigenvalue weighted by atomic mass is 35.5. The number of rotatable bonds is 9. The molecule has 0 saturated carbocycles. The van der Waals surface area contributed by atoms with Gasteiger partial charge in [-0.05, 0) is 48.9 Å². The van der Waals surface area contributed by atoms with E-state index >= 15 is 0 Å². The molecule has 2 rings (SSSR count). The van der Waals surface area contributed by atoms with Crippen LogP contribution in [-0.4, -0.2) is 30.3 Å². The minimum Gasteiger partial charge on any atom is -0.456 e. The number of amides is 3. The molecule has 0 aliphatic carbocycles. The van der Waals surface area contributed by atoms with Crippen molar-refractivity contribution >= 4 is 64.0 Å². The predicted octanol–water partition coefficient (Wildman–Crippen LogP) is 4.24. The molecule has 0 heterocycles. The van der Waals surface area contributed by atoms with Crippen molar-refractivity contribution < 1.29 is 23.9 Å². The Morgan fingerprint density at radius 3 is 1.97 bits per heavy atom. The maximum absolute atomic E-state index is 11.9. The molecule has 10 heteroatoms. The molecule has 164 valence electrons. The third-order valence-electron chi connectivity index (χ3n) is 3.84. The summed E-state index contributed by atoms with van der Waals surface area (Å²) in [7, 11) is 0. The molecule has 3 amide bonds. The first-order valence-corrected chi connectivity index (χ1v) is 10.1. The highest BCUT2D eigenvalue weighted by Gasteiger charge is 2.10. The molecule has 0 aliphatic heterocycles. The van der Waals surface area contributed by atoms with Gasteiger partial charge < -0.3 is 20.7 Å². The van der Waals surface area contributed by atoms with E-state index in [-0.39, 0.29) is 31.1 Å². The zero-order valence-electron chi connectivity index (χ0n) is 16.7. The Morgan fingerprint density at radius 1 is 0.774 bits per heavy atom. The van der Waals surface area contributed by atoms with E-state index in [2.05, 4.69) is 16.0 Å². The summed E-state index contributed by atoms with van der Waals surface area (Å²) < 4.78 is 4.91. The standard InChI is InChI=1S/C21H21Cl2N3O5/c1-13(27)24-14-5-7-15(8-6-14)25-20(29)12-31-21(30)4-2-3-19(28)26-16-9-10-17(22)18(23)11-16/h5-11H,2-4,12H2,1H3,(H,24,27)(H,25,29)(H,26,28). The molecule has 0 radical (unpaired) electrons. The van der Waals surface area contributed by atoms with Crippen LogP contribution >= 0.6 is 23.2 Å². The fourth-order valence-corrected chi connectivity index (χ4v) is 2.74. The molecule has 0 aliphatic rings. The van der Waals surface area contributed by atoms with Gasteiger partial charge in [0.25, 0.3) is 5.91 Å². The van der Waals surface area contributed by atoms with E-state index in [0.29, 0.717) is 27.1 Å². The Bertz CT molecular complexity index is 964. The Kier molecular flexibility index (Phi) is 9.30. The van der Waals surface area contributed by atoms with Gasteiger partial charge in [-0.3, -0.25) is 19.2 Å². The van der Waals surface area contributed by atoms with Crippen molar-refractivity contribution in [1.82, 2.24) is 0 Å². The molecule has 2 aromatic rings. The number of benzene rings is 2. The number of ether oxygens (including phenoxy) is 1. The number of carbonyl (C=O) groups is 4. The third kappa shape index (κ3) is 9.06. The van der Waals surface area contributed by atoms with E-state index in [1.54, 1.807) is 36.4 Å². The zero-order chi connectivity index (χ0) is 22.8. The normalized spacial score (nSPS) is 10.2. The lowest BCUT2D eigenvalue weighted by Crippen LogP contribution is -2.21. The minimum absolute atomic E-state index is 0.00646. The maximum atomic E-state index is 11.9. The number of carbonyl (C=O) groups excluding carboxylic acids is 4. The SMILES string of the molecule is CC(=O)Nc1ccc(NC(=O)COC(=O)CCCC(=O)Nc2ccc(Cl)c(Cl)c2)cc1. The van der Waals surface area contributed by atoms with E-state index < -0.39 is 18.5 Å². The average molecular weight is 466 g/mol. The number of esters is 1. The van der Waals surface area contributed by atoms with Crippen molar-refractivity contribution in [1.29, 1.82) is 0 Å². The van der Waals surface area contributed by atoms with Crippen molar-refractivity contribution in [2.24, 2.45) is 0 Å². The molecule has 8 nitrogen and oxygen atoms in total. The maximum Gasteiger partial charge on any atom is 0.306 e. The van der Waals surface area contributed by atoms with E-state index in [1.165, 1.54) is 13.0 Å². The molecule has 0 aromatic heterocycles. The van der Waals surface area contributed by atoms with Crippen LogP contribution in [0.3, 0.4) is 0 Å². The van der Waals surface area contributed by atoms with Gasteiger partial charge in [-0.15, -0.1) is 0 Å². The smallest absolute Gasteiger partial charge is 0.306 e. The molecule has 0 fully saturated rings. The molecule has 0 bridgehead atoms. The average Bonchev–Trinajstić information content (AvgIpc) is 2.70. The van der Waals surface area contributed by atoms with Gasteiger partial charge >= 0.3 is 5.97 Å². The predicted molar refractivity (Wildman–Crippen MR) is 119 cm³/mol. The lowest BCUT2D eigenvalue weighted by molar-refractivity contribution is -0.147. The van der Waals surface area contributed by atoms with Crippen molar-refractivity contribution in [2.75, 3.05) is 22.6 Å². The van der Waals surface area contributed by atoms with E-state index in [4.69, 9.17) is 27.9 Å². The van der Waals surface area contributed by atoms with Crippen molar-refractivity contribution in [3.05, 3.63) is 52.5 Å². The second kappa shape index (κ2) is 11.9.